The Balaban J connectivity index is 2.21. The summed E-state index contributed by atoms with van der Waals surface area (Å²) in [6.07, 6.45) is 3.41. The monoisotopic (exact) mass is 376 g/mol. The van der Waals surface area contributed by atoms with Gasteiger partial charge in [0.05, 0.1) is 7.11 Å². The fourth-order valence-corrected chi connectivity index (χ4v) is 4.34. The summed E-state index contributed by atoms with van der Waals surface area (Å²) < 4.78 is 33.4. The number of anilines is 1. The highest BCUT2D eigenvalue weighted by Crippen LogP contribution is 2.33. The van der Waals surface area contributed by atoms with Gasteiger partial charge in [0.15, 0.2) is 0 Å². The van der Waals surface area contributed by atoms with Gasteiger partial charge in [-0.15, -0.1) is 0 Å². The smallest absolute Gasteiger partial charge is 0.244 e. The number of rotatable bonds is 5. The number of hydrogen-bond donors (Lipinski definition) is 2. The van der Waals surface area contributed by atoms with E-state index < -0.39 is 10.0 Å². The molecular weight excluding hydrogens is 356 g/mol. The van der Waals surface area contributed by atoms with Crippen molar-refractivity contribution in [2.45, 2.75) is 31.1 Å². The average molecular weight is 377 g/mol. The van der Waals surface area contributed by atoms with E-state index in [9.17, 15) is 8.42 Å². The highest BCUT2D eigenvalue weighted by atomic mass is 79.9. The van der Waals surface area contributed by atoms with Crippen molar-refractivity contribution >= 4 is 31.6 Å². The van der Waals surface area contributed by atoms with Gasteiger partial charge >= 0.3 is 0 Å². The molecule has 2 rings (SSSR count). The molecule has 0 aliphatic heterocycles. The van der Waals surface area contributed by atoms with Crippen LogP contribution < -0.4 is 15.2 Å². The van der Waals surface area contributed by atoms with Gasteiger partial charge in [-0.05, 0) is 46.3 Å². The van der Waals surface area contributed by atoms with Gasteiger partial charge in [0.2, 0.25) is 10.0 Å². The zero-order valence-electron chi connectivity index (χ0n) is 12.2. The van der Waals surface area contributed by atoms with E-state index in [1.165, 1.54) is 26.0 Å². The molecule has 3 N–H and O–H groups in total. The molecule has 118 valence electrons. The lowest BCUT2D eigenvalue weighted by atomic mass is 9.99. The summed E-state index contributed by atoms with van der Waals surface area (Å²) in [5.74, 6) is 1.24. The predicted molar refractivity (Wildman–Crippen MR) is 86.8 cm³/mol. The van der Waals surface area contributed by atoms with Crippen molar-refractivity contribution in [2.24, 2.45) is 11.8 Å². The van der Waals surface area contributed by atoms with E-state index in [1.54, 1.807) is 6.07 Å². The van der Waals surface area contributed by atoms with Crippen LogP contribution >= 0.6 is 15.9 Å². The Morgan fingerprint density at radius 2 is 2.14 bits per heavy atom. The summed E-state index contributed by atoms with van der Waals surface area (Å²) in [4.78, 5) is 0.0800. The summed E-state index contributed by atoms with van der Waals surface area (Å²) in [6.45, 7) is 2.63. The number of ether oxygens (including phenoxy) is 1. The van der Waals surface area contributed by atoms with E-state index in [2.05, 4.69) is 27.6 Å². The van der Waals surface area contributed by atoms with Crippen molar-refractivity contribution in [1.29, 1.82) is 0 Å². The molecule has 0 amide bonds. The maximum absolute atomic E-state index is 12.5. The number of nitrogen functional groups attached to an aromatic ring is 1. The van der Waals surface area contributed by atoms with Gasteiger partial charge in [0.1, 0.15) is 10.6 Å². The second kappa shape index (κ2) is 6.54. The van der Waals surface area contributed by atoms with Crippen LogP contribution in [0.5, 0.6) is 5.75 Å². The van der Waals surface area contributed by atoms with Crippen LogP contribution in [0.25, 0.3) is 0 Å². The highest BCUT2D eigenvalue weighted by Gasteiger charge is 2.27. The molecule has 7 heteroatoms. The molecule has 21 heavy (non-hydrogen) atoms. The van der Waals surface area contributed by atoms with Gasteiger partial charge in [0, 0.05) is 16.7 Å². The predicted octanol–water partition coefficient (Wildman–Crippen LogP) is 2.75. The zero-order chi connectivity index (χ0) is 15.6. The van der Waals surface area contributed by atoms with Crippen molar-refractivity contribution in [1.82, 2.24) is 4.72 Å². The highest BCUT2D eigenvalue weighted by molar-refractivity contribution is 9.10. The second-order valence-corrected chi connectivity index (χ2v) is 8.13. The van der Waals surface area contributed by atoms with Crippen molar-refractivity contribution in [3.05, 3.63) is 16.6 Å². The Bertz CT molecular complexity index is 619. The van der Waals surface area contributed by atoms with E-state index >= 15 is 0 Å². The molecule has 1 fully saturated rings. The Kier molecular flexibility index (Phi) is 5.16. The molecule has 2 unspecified atom stereocenters. The SMILES string of the molecule is COc1cc(Br)c(N)cc1S(=O)(=O)NCC1CCCC1C. The van der Waals surface area contributed by atoms with Gasteiger partial charge in [-0.3, -0.25) is 0 Å². The summed E-state index contributed by atoms with van der Waals surface area (Å²) >= 11 is 3.27. The van der Waals surface area contributed by atoms with Crippen molar-refractivity contribution in [3.63, 3.8) is 0 Å². The standard InChI is InChI=1S/C14H21BrN2O3S/c1-9-4-3-5-10(9)8-17-21(18,19)14-7-12(16)11(15)6-13(14)20-2/h6-7,9-10,17H,3-5,8,16H2,1-2H3. The van der Waals surface area contributed by atoms with Crippen molar-refractivity contribution < 1.29 is 13.2 Å². The molecule has 1 aromatic carbocycles. The first kappa shape index (κ1) is 16.6. The van der Waals surface area contributed by atoms with Crippen LogP contribution in [0.3, 0.4) is 0 Å². The fourth-order valence-electron chi connectivity index (χ4n) is 2.74. The van der Waals surface area contributed by atoms with Crippen LogP contribution in [0, 0.1) is 11.8 Å². The third-order valence-electron chi connectivity index (χ3n) is 4.15. The van der Waals surface area contributed by atoms with Crippen LogP contribution in [0.15, 0.2) is 21.5 Å². The minimum absolute atomic E-state index is 0.0800. The molecule has 0 radical (unpaired) electrons. The Morgan fingerprint density at radius 3 is 2.71 bits per heavy atom. The molecule has 1 saturated carbocycles. The van der Waals surface area contributed by atoms with Gasteiger partial charge in [-0.2, -0.15) is 0 Å². The van der Waals surface area contributed by atoms with Crippen molar-refractivity contribution in [3.8, 4) is 5.75 Å². The third kappa shape index (κ3) is 3.70. The number of hydrogen-bond acceptors (Lipinski definition) is 4. The lowest BCUT2D eigenvalue weighted by Crippen LogP contribution is -2.30. The number of nitrogens with one attached hydrogen (secondary N) is 1. The molecule has 0 saturated heterocycles. The number of nitrogens with two attached hydrogens (primary N) is 1. The summed E-state index contributed by atoms with van der Waals surface area (Å²) in [5.41, 5.74) is 6.15. The maximum Gasteiger partial charge on any atom is 0.244 e. The molecule has 0 spiro atoms. The van der Waals surface area contributed by atoms with Crippen LogP contribution in [0.2, 0.25) is 0 Å². The van der Waals surface area contributed by atoms with Gasteiger partial charge in [-0.1, -0.05) is 19.8 Å². The van der Waals surface area contributed by atoms with E-state index in [0.29, 0.717) is 28.5 Å². The largest absolute Gasteiger partial charge is 0.495 e. The zero-order valence-corrected chi connectivity index (χ0v) is 14.6. The Morgan fingerprint density at radius 1 is 1.43 bits per heavy atom. The normalized spacial score (nSPS) is 22.4. The van der Waals surface area contributed by atoms with E-state index in [-0.39, 0.29) is 10.6 Å². The lowest BCUT2D eigenvalue weighted by Gasteiger charge is -2.17. The number of methoxy groups -OCH3 is 1. The maximum atomic E-state index is 12.5. The average Bonchev–Trinajstić information content (AvgIpc) is 2.84. The minimum atomic E-state index is -3.63. The van der Waals surface area contributed by atoms with Crippen LogP contribution in [-0.2, 0) is 10.0 Å². The molecule has 1 aromatic rings. The first-order valence-corrected chi connectivity index (χ1v) is 9.25. The van der Waals surface area contributed by atoms with Crippen molar-refractivity contribution in [2.75, 3.05) is 19.4 Å². The lowest BCUT2D eigenvalue weighted by molar-refractivity contribution is 0.399. The van der Waals surface area contributed by atoms with Crippen LogP contribution in [-0.4, -0.2) is 22.1 Å². The van der Waals surface area contributed by atoms with E-state index in [4.69, 9.17) is 10.5 Å². The molecule has 0 bridgehead atoms. The molecule has 2 atom stereocenters. The van der Waals surface area contributed by atoms with E-state index in [1.807, 2.05) is 0 Å². The number of sulfonamides is 1. The summed E-state index contributed by atoms with van der Waals surface area (Å²) in [5, 5.41) is 0. The summed E-state index contributed by atoms with van der Waals surface area (Å²) in [6, 6.07) is 2.99. The van der Waals surface area contributed by atoms with E-state index in [0.717, 1.165) is 6.42 Å². The Hall–Kier alpha value is -0.790. The topological polar surface area (TPSA) is 81.4 Å². The summed E-state index contributed by atoms with van der Waals surface area (Å²) in [7, 11) is -2.19. The first-order chi connectivity index (χ1) is 9.85. The number of benzene rings is 1. The Labute approximate surface area is 134 Å². The van der Waals surface area contributed by atoms with Crippen LogP contribution in [0.4, 0.5) is 5.69 Å². The van der Waals surface area contributed by atoms with Crippen LogP contribution in [0.1, 0.15) is 26.2 Å². The molecule has 1 aliphatic rings. The molecule has 5 nitrogen and oxygen atoms in total. The quantitative estimate of drug-likeness (QED) is 0.774. The van der Waals surface area contributed by atoms with Gasteiger partial charge < -0.3 is 10.5 Å². The van der Waals surface area contributed by atoms with Gasteiger partial charge in [0.25, 0.3) is 0 Å². The fraction of sp³-hybridized carbons (Fsp3) is 0.571. The van der Waals surface area contributed by atoms with Gasteiger partial charge in [-0.25, -0.2) is 13.1 Å². The number of halogens is 1. The molecule has 1 aliphatic carbocycles. The third-order valence-corrected chi connectivity index (χ3v) is 6.28. The second-order valence-electron chi connectivity index (χ2n) is 5.54. The minimum Gasteiger partial charge on any atom is -0.495 e. The first-order valence-electron chi connectivity index (χ1n) is 6.98. The molecular formula is C14H21BrN2O3S. The molecule has 0 heterocycles. The molecule has 0 aromatic heterocycles.